The van der Waals surface area contributed by atoms with Crippen LogP contribution in [0.15, 0.2) is 36.5 Å². The summed E-state index contributed by atoms with van der Waals surface area (Å²) in [6.45, 7) is 2.01. The third-order valence-electron chi connectivity index (χ3n) is 3.07. The van der Waals surface area contributed by atoms with Gasteiger partial charge in [0.1, 0.15) is 16.0 Å². The highest BCUT2D eigenvalue weighted by molar-refractivity contribution is 6.37. The molecule has 0 radical (unpaired) electrons. The van der Waals surface area contributed by atoms with Gasteiger partial charge in [-0.15, -0.1) is 0 Å². The number of benzene rings is 1. The molecule has 0 amide bonds. The van der Waals surface area contributed by atoms with Crippen molar-refractivity contribution in [2.24, 2.45) is 7.05 Å². The zero-order valence-corrected chi connectivity index (χ0v) is 13.0. The molecule has 1 aromatic carbocycles. The minimum absolute atomic E-state index is 0.321. The summed E-state index contributed by atoms with van der Waals surface area (Å²) < 4.78 is 1.68. The first-order valence-electron chi connectivity index (χ1n) is 6.34. The molecule has 0 unspecified atom stereocenters. The molecule has 0 fully saturated rings. The van der Waals surface area contributed by atoms with Gasteiger partial charge in [-0.3, -0.25) is 4.68 Å². The van der Waals surface area contributed by atoms with Crippen molar-refractivity contribution in [3.05, 3.63) is 52.4 Å². The van der Waals surface area contributed by atoms with E-state index in [1.54, 1.807) is 4.68 Å². The topological polar surface area (TPSA) is 43.6 Å². The number of rotatable bonds is 2. The van der Waals surface area contributed by atoms with Crippen molar-refractivity contribution < 1.29 is 0 Å². The van der Waals surface area contributed by atoms with Crippen LogP contribution in [0.25, 0.3) is 22.6 Å². The van der Waals surface area contributed by atoms with Crippen LogP contribution in [0.2, 0.25) is 10.3 Å². The normalized spacial score (nSPS) is 10.9. The molecule has 4 nitrogen and oxygen atoms in total. The van der Waals surface area contributed by atoms with Crippen LogP contribution in [0.4, 0.5) is 0 Å². The number of halogens is 2. The van der Waals surface area contributed by atoms with Crippen LogP contribution >= 0.6 is 23.2 Å². The van der Waals surface area contributed by atoms with E-state index in [2.05, 4.69) is 15.1 Å². The summed E-state index contributed by atoms with van der Waals surface area (Å²) in [5.74, 6) is 0.419. The van der Waals surface area contributed by atoms with Gasteiger partial charge in [0, 0.05) is 13.2 Å². The van der Waals surface area contributed by atoms with E-state index < -0.39 is 0 Å². The fraction of sp³-hybridized carbons (Fsp3) is 0.133. The lowest BCUT2D eigenvalue weighted by atomic mass is 10.1. The van der Waals surface area contributed by atoms with E-state index in [-0.39, 0.29) is 0 Å². The number of aryl methyl sites for hydroxylation is 2. The van der Waals surface area contributed by atoms with Gasteiger partial charge in [-0.05, 0) is 18.6 Å². The van der Waals surface area contributed by atoms with Crippen molar-refractivity contribution in [1.82, 2.24) is 19.7 Å². The lowest BCUT2D eigenvalue weighted by Crippen LogP contribution is -1.96. The van der Waals surface area contributed by atoms with Gasteiger partial charge in [-0.25, -0.2) is 9.97 Å². The second-order valence-electron chi connectivity index (χ2n) is 4.75. The van der Waals surface area contributed by atoms with Gasteiger partial charge in [-0.1, -0.05) is 53.0 Å². The Morgan fingerprint density at radius 3 is 2.33 bits per heavy atom. The van der Waals surface area contributed by atoms with Gasteiger partial charge in [0.05, 0.1) is 5.56 Å². The molecular formula is C15H12Cl2N4. The number of nitrogens with zero attached hydrogens (tertiary/aromatic N) is 4. The Hall–Kier alpha value is -1.91. The standard InChI is InChI=1S/C15H12Cl2N4/c1-9-4-3-5-10(8-9)12-13(16)18-15(19-14(12)17)11-6-7-21(2)20-11/h3-8H,1-2H3. The van der Waals surface area contributed by atoms with Gasteiger partial charge < -0.3 is 0 Å². The largest absolute Gasteiger partial charge is 0.275 e. The molecular weight excluding hydrogens is 307 g/mol. The van der Waals surface area contributed by atoms with E-state index >= 15 is 0 Å². The highest BCUT2D eigenvalue weighted by Gasteiger charge is 2.15. The Balaban J connectivity index is 2.12. The summed E-state index contributed by atoms with van der Waals surface area (Å²) in [5.41, 5.74) is 3.30. The molecule has 6 heteroatoms. The van der Waals surface area contributed by atoms with Gasteiger partial charge in [0.25, 0.3) is 0 Å². The third kappa shape index (κ3) is 2.77. The van der Waals surface area contributed by atoms with Crippen molar-refractivity contribution in [3.63, 3.8) is 0 Å². The van der Waals surface area contributed by atoms with Gasteiger partial charge >= 0.3 is 0 Å². The van der Waals surface area contributed by atoms with Crippen LogP contribution in [0.3, 0.4) is 0 Å². The number of hydrogen-bond donors (Lipinski definition) is 0. The Kier molecular flexibility index (Phi) is 3.66. The first-order valence-corrected chi connectivity index (χ1v) is 7.10. The van der Waals surface area contributed by atoms with Crippen molar-refractivity contribution in [2.75, 3.05) is 0 Å². The molecule has 3 aromatic rings. The van der Waals surface area contributed by atoms with E-state index in [0.717, 1.165) is 11.1 Å². The quantitative estimate of drug-likeness (QED) is 0.666. The summed E-state index contributed by atoms with van der Waals surface area (Å²) in [6, 6.07) is 9.70. The Labute approximate surface area is 132 Å². The summed E-state index contributed by atoms with van der Waals surface area (Å²) in [7, 11) is 1.83. The van der Waals surface area contributed by atoms with Gasteiger partial charge in [0.15, 0.2) is 5.82 Å². The van der Waals surface area contributed by atoms with Crippen LogP contribution in [0.5, 0.6) is 0 Å². The first-order chi connectivity index (χ1) is 10.0. The summed E-state index contributed by atoms with van der Waals surface area (Å²) >= 11 is 12.6. The van der Waals surface area contributed by atoms with E-state index in [9.17, 15) is 0 Å². The smallest absolute Gasteiger partial charge is 0.182 e. The summed E-state index contributed by atoms with van der Waals surface area (Å²) in [5, 5.41) is 4.90. The lowest BCUT2D eigenvalue weighted by Gasteiger charge is -2.08. The number of hydrogen-bond acceptors (Lipinski definition) is 3. The Morgan fingerprint density at radius 1 is 1.05 bits per heavy atom. The molecule has 0 bridgehead atoms. The SMILES string of the molecule is Cc1cccc(-c2c(Cl)nc(-c3ccn(C)n3)nc2Cl)c1. The van der Waals surface area contributed by atoms with Crippen molar-refractivity contribution >= 4 is 23.2 Å². The van der Waals surface area contributed by atoms with Gasteiger partial charge in [0.2, 0.25) is 0 Å². The molecule has 0 aliphatic carbocycles. The molecule has 0 saturated carbocycles. The molecule has 3 rings (SSSR count). The molecule has 0 aliphatic heterocycles. The molecule has 0 atom stereocenters. The maximum atomic E-state index is 6.31. The van der Waals surface area contributed by atoms with Gasteiger partial charge in [-0.2, -0.15) is 5.10 Å². The summed E-state index contributed by atoms with van der Waals surface area (Å²) in [6.07, 6.45) is 1.81. The van der Waals surface area contributed by atoms with Crippen LogP contribution < -0.4 is 0 Å². The predicted octanol–water partition coefficient (Wildman–Crippen LogP) is 4.16. The maximum Gasteiger partial charge on any atom is 0.182 e. The lowest BCUT2D eigenvalue weighted by molar-refractivity contribution is 0.768. The monoisotopic (exact) mass is 318 g/mol. The maximum absolute atomic E-state index is 6.31. The molecule has 2 aromatic heterocycles. The van der Waals surface area contributed by atoms with Crippen molar-refractivity contribution in [1.29, 1.82) is 0 Å². The van der Waals surface area contributed by atoms with Crippen molar-refractivity contribution in [2.45, 2.75) is 6.92 Å². The summed E-state index contributed by atoms with van der Waals surface area (Å²) in [4.78, 5) is 8.64. The zero-order chi connectivity index (χ0) is 15.0. The molecule has 2 heterocycles. The van der Waals surface area contributed by atoms with Crippen molar-refractivity contribution in [3.8, 4) is 22.6 Å². The highest BCUT2D eigenvalue weighted by Crippen LogP contribution is 2.34. The highest BCUT2D eigenvalue weighted by atomic mass is 35.5. The van der Waals surface area contributed by atoms with E-state index in [4.69, 9.17) is 23.2 Å². The van der Waals surface area contributed by atoms with Crippen LogP contribution in [-0.4, -0.2) is 19.7 Å². The van der Waals surface area contributed by atoms with E-state index in [0.29, 0.717) is 27.4 Å². The van der Waals surface area contributed by atoms with Crippen LogP contribution in [0, 0.1) is 6.92 Å². The molecule has 0 spiro atoms. The average Bonchev–Trinajstić information content (AvgIpc) is 2.85. The Bertz CT molecular complexity index is 788. The Morgan fingerprint density at radius 2 is 1.76 bits per heavy atom. The molecule has 0 N–H and O–H groups in total. The minimum Gasteiger partial charge on any atom is -0.275 e. The third-order valence-corrected chi connectivity index (χ3v) is 3.62. The minimum atomic E-state index is 0.321. The second-order valence-corrected chi connectivity index (χ2v) is 5.46. The fourth-order valence-electron chi connectivity index (χ4n) is 2.10. The first kappa shape index (κ1) is 14.0. The molecule has 21 heavy (non-hydrogen) atoms. The predicted molar refractivity (Wildman–Crippen MR) is 84.4 cm³/mol. The van der Waals surface area contributed by atoms with E-state index in [1.165, 1.54) is 0 Å². The average molecular weight is 319 g/mol. The molecule has 106 valence electrons. The zero-order valence-electron chi connectivity index (χ0n) is 11.5. The van der Waals surface area contributed by atoms with Crippen LogP contribution in [-0.2, 0) is 7.05 Å². The fourth-order valence-corrected chi connectivity index (χ4v) is 2.70. The second kappa shape index (κ2) is 5.47. The molecule has 0 saturated heterocycles. The van der Waals surface area contributed by atoms with E-state index in [1.807, 2.05) is 50.5 Å². The molecule has 0 aliphatic rings. The number of aromatic nitrogens is 4. The van der Waals surface area contributed by atoms with Crippen LogP contribution in [0.1, 0.15) is 5.56 Å².